The van der Waals surface area contributed by atoms with E-state index in [4.69, 9.17) is 9.79 Å². The smallest absolute Gasteiger partial charge is 0.321 e. The fourth-order valence-corrected chi connectivity index (χ4v) is 1.93. The number of hydrogen-bond acceptors (Lipinski definition) is 2. The second-order valence-electron chi connectivity index (χ2n) is 3.32. The molecule has 2 aromatic rings. The number of nitrogens with one attached hydrogen (secondary N) is 1. The van der Waals surface area contributed by atoms with Crippen LogP contribution in [-0.2, 0) is 4.57 Å². The quantitative estimate of drug-likeness (QED) is 0.666. The summed E-state index contributed by atoms with van der Waals surface area (Å²) in [5.41, 5.74) is -0.568. The van der Waals surface area contributed by atoms with E-state index in [0.29, 0.717) is 0 Å². The predicted molar refractivity (Wildman–Crippen MR) is 58.0 cm³/mol. The molecule has 0 aliphatic heterocycles. The zero-order valence-corrected chi connectivity index (χ0v) is 9.26. The molecule has 0 fully saturated rings. The first kappa shape index (κ1) is 11.8. The van der Waals surface area contributed by atoms with Gasteiger partial charge in [0.05, 0.1) is 5.69 Å². The molecule has 90 valence electrons. The maximum Gasteiger partial charge on any atom is 0.363 e. The van der Waals surface area contributed by atoms with Gasteiger partial charge in [0.15, 0.2) is 0 Å². The second kappa shape index (κ2) is 3.96. The fourth-order valence-electron chi connectivity index (χ4n) is 1.35. The Hall–Kier alpha value is -1.69. The van der Waals surface area contributed by atoms with Crippen molar-refractivity contribution in [3.63, 3.8) is 0 Å². The molecule has 0 spiro atoms. The Balaban J connectivity index is 2.56. The van der Waals surface area contributed by atoms with E-state index in [2.05, 4.69) is 5.10 Å². The maximum absolute atomic E-state index is 12.7. The van der Waals surface area contributed by atoms with Gasteiger partial charge in [0.1, 0.15) is 11.1 Å². The maximum atomic E-state index is 12.7. The molecular formula is C9H8FN2O4P. The highest BCUT2D eigenvalue weighted by Crippen LogP contribution is 2.30. The average Bonchev–Trinajstić information content (AvgIpc) is 2.61. The van der Waals surface area contributed by atoms with E-state index >= 15 is 0 Å². The lowest BCUT2D eigenvalue weighted by Gasteiger charge is -2.00. The van der Waals surface area contributed by atoms with Crippen molar-refractivity contribution in [3.05, 3.63) is 46.6 Å². The lowest BCUT2D eigenvalue weighted by molar-refractivity contribution is 0.387. The Bertz CT molecular complexity index is 640. The average molecular weight is 258 g/mol. The van der Waals surface area contributed by atoms with Crippen molar-refractivity contribution in [2.45, 2.75) is 0 Å². The molecule has 1 aromatic carbocycles. The van der Waals surface area contributed by atoms with Crippen LogP contribution >= 0.6 is 7.60 Å². The third-order valence-electron chi connectivity index (χ3n) is 2.15. The minimum atomic E-state index is -4.60. The molecule has 0 radical (unpaired) electrons. The largest absolute Gasteiger partial charge is 0.363 e. The molecular weight excluding hydrogens is 250 g/mol. The van der Waals surface area contributed by atoms with Gasteiger partial charge in [-0.25, -0.2) is 9.07 Å². The van der Waals surface area contributed by atoms with E-state index in [0.717, 1.165) is 23.0 Å². The van der Waals surface area contributed by atoms with Crippen molar-refractivity contribution >= 4 is 12.9 Å². The monoisotopic (exact) mass is 258 g/mol. The summed E-state index contributed by atoms with van der Waals surface area (Å²) < 4.78 is 24.6. The van der Waals surface area contributed by atoms with Crippen molar-refractivity contribution in [3.8, 4) is 5.69 Å². The van der Waals surface area contributed by atoms with Crippen LogP contribution in [-0.4, -0.2) is 19.6 Å². The summed E-state index contributed by atoms with van der Waals surface area (Å²) in [7, 11) is -4.60. The zero-order chi connectivity index (χ0) is 12.6. The molecule has 3 N–H and O–H groups in total. The molecule has 17 heavy (non-hydrogen) atoms. The third kappa shape index (κ3) is 2.21. The Morgan fingerprint density at radius 2 is 1.82 bits per heavy atom. The highest BCUT2D eigenvalue weighted by Gasteiger charge is 2.24. The SMILES string of the molecule is O=c1c(P(=O)(O)O)c[nH]n1-c1ccc(F)cc1. The molecule has 0 aliphatic rings. The van der Waals surface area contributed by atoms with Gasteiger partial charge in [0, 0.05) is 6.20 Å². The molecule has 0 saturated heterocycles. The molecule has 0 aliphatic carbocycles. The number of H-pyrrole nitrogens is 1. The minimum Gasteiger partial charge on any atom is -0.321 e. The van der Waals surface area contributed by atoms with Gasteiger partial charge in [-0.1, -0.05) is 0 Å². The first-order valence-corrected chi connectivity index (χ1v) is 6.13. The first-order chi connectivity index (χ1) is 7.89. The van der Waals surface area contributed by atoms with E-state index < -0.39 is 24.3 Å². The van der Waals surface area contributed by atoms with Crippen LogP contribution in [0.4, 0.5) is 4.39 Å². The van der Waals surface area contributed by atoms with Crippen LogP contribution in [0.1, 0.15) is 0 Å². The molecule has 0 unspecified atom stereocenters. The van der Waals surface area contributed by atoms with E-state index in [1.54, 1.807) is 0 Å². The number of aromatic amines is 1. The fraction of sp³-hybridized carbons (Fsp3) is 0. The number of halogens is 1. The molecule has 0 atom stereocenters. The van der Waals surface area contributed by atoms with Crippen molar-refractivity contribution in [1.29, 1.82) is 0 Å². The van der Waals surface area contributed by atoms with Gasteiger partial charge >= 0.3 is 7.60 Å². The molecule has 6 nitrogen and oxygen atoms in total. The van der Waals surface area contributed by atoms with Crippen molar-refractivity contribution in [1.82, 2.24) is 9.78 Å². The van der Waals surface area contributed by atoms with E-state index in [1.807, 2.05) is 0 Å². The predicted octanol–water partition coefficient (Wildman–Crippen LogP) is 0.108. The van der Waals surface area contributed by atoms with Crippen LogP contribution in [0, 0.1) is 5.82 Å². The summed E-state index contributed by atoms with van der Waals surface area (Å²) in [6.45, 7) is 0. The van der Waals surface area contributed by atoms with Gasteiger partial charge < -0.3 is 9.79 Å². The first-order valence-electron chi connectivity index (χ1n) is 4.52. The lowest BCUT2D eigenvalue weighted by atomic mass is 10.3. The summed E-state index contributed by atoms with van der Waals surface area (Å²) in [5, 5.41) is 1.78. The van der Waals surface area contributed by atoms with Crippen LogP contribution in [0.25, 0.3) is 5.69 Å². The normalized spacial score (nSPS) is 11.7. The van der Waals surface area contributed by atoms with Gasteiger partial charge in [-0.3, -0.25) is 14.5 Å². The number of nitrogens with zero attached hydrogens (tertiary/aromatic N) is 1. The lowest BCUT2D eigenvalue weighted by Crippen LogP contribution is -2.27. The molecule has 2 rings (SSSR count). The van der Waals surface area contributed by atoms with Crippen LogP contribution in [0.2, 0.25) is 0 Å². The van der Waals surface area contributed by atoms with Gasteiger partial charge in [-0.05, 0) is 24.3 Å². The molecule has 8 heteroatoms. The Morgan fingerprint density at radius 1 is 1.24 bits per heavy atom. The van der Waals surface area contributed by atoms with E-state index in [9.17, 15) is 13.8 Å². The summed E-state index contributed by atoms with van der Waals surface area (Å²) in [6.07, 6.45) is 0.937. The Labute approximate surface area is 94.5 Å². The molecule has 0 amide bonds. The number of hydrogen-bond donors (Lipinski definition) is 3. The Kier molecular flexibility index (Phi) is 2.74. The van der Waals surface area contributed by atoms with Gasteiger partial charge in [-0.2, -0.15) is 0 Å². The second-order valence-corrected chi connectivity index (χ2v) is 4.89. The summed E-state index contributed by atoms with van der Waals surface area (Å²) in [6, 6.07) is 4.91. The highest BCUT2D eigenvalue weighted by atomic mass is 31.2. The van der Waals surface area contributed by atoms with Crippen LogP contribution in [0.15, 0.2) is 35.3 Å². The van der Waals surface area contributed by atoms with Crippen LogP contribution in [0.3, 0.4) is 0 Å². The topological polar surface area (TPSA) is 95.3 Å². The van der Waals surface area contributed by atoms with Crippen molar-refractivity contribution < 1.29 is 18.7 Å². The van der Waals surface area contributed by atoms with Gasteiger partial charge in [0.25, 0.3) is 5.56 Å². The standard InChI is InChI=1S/C9H8FN2O4P/c10-6-1-3-7(4-2-6)12-9(13)8(5-11-12)17(14,15)16/h1-5,11H,(H2,14,15,16). The van der Waals surface area contributed by atoms with Gasteiger partial charge in [-0.15, -0.1) is 0 Å². The van der Waals surface area contributed by atoms with Crippen molar-refractivity contribution in [2.75, 3.05) is 0 Å². The molecule has 1 heterocycles. The number of aromatic nitrogens is 2. The van der Waals surface area contributed by atoms with Gasteiger partial charge in [0.2, 0.25) is 0 Å². The molecule has 1 aromatic heterocycles. The van der Waals surface area contributed by atoms with Crippen LogP contribution in [0.5, 0.6) is 0 Å². The summed E-state index contributed by atoms with van der Waals surface area (Å²) in [5.74, 6) is -0.469. The minimum absolute atomic E-state index is 0.288. The number of rotatable bonds is 2. The molecule has 0 saturated carbocycles. The zero-order valence-electron chi connectivity index (χ0n) is 8.37. The number of benzene rings is 1. The molecule has 0 bridgehead atoms. The highest BCUT2D eigenvalue weighted by molar-refractivity contribution is 7.60. The summed E-state index contributed by atoms with van der Waals surface area (Å²) in [4.78, 5) is 29.4. The van der Waals surface area contributed by atoms with E-state index in [1.165, 1.54) is 12.1 Å². The van der Waals surface area contributed by atoms with Crippen LogP contribution < -0.4 is 10.9 Å². The Morgan fingerprint density at radius 3 is 2.29 bits per heavy atom. The van der Waals surface area contributed by atoms with E-state index in [-0.39, 0.29) is 5.69 Å². The third-order valence-corrected chi connectivity index (χ3v) is 3.10. The summed E-state index contributed by atoms with van der Waals surface area (Å²) >= 11 is 0. The van der Waals surface area contributed by atoms with Crippen molar-refractivity contribution in [2.24, 2.45) is 0 Å².